The predicted octanol–water partition coefficient (Wildman–Crippen LogP) is 3.82. The zero-order valence-corrected chi connectivity index (χ0v) is 11.3. The number of para-hydroxylation sites is 1. The second-order valence-electron chi connectivity index (χ2n) is 4.06. The van der Waals surface area contributed by atoms with Gasteiger partial charge in [0.1, 0.15) is 5.82 Å². The van der Waals surface area contributed by atoms with Gasteiger partial charge in [-0.3, -0.25) is 0 Å². The molecule has 0 radical (unpaired) electrons. The molecule has 0 atom stereocenters. The average molecular weight is 309 g/mol. The Morgan fingerprint density at radius 2 is 1.71 bits per heavy atom. The molecule has 3 N–H and O–H groups in total. The molecule has 0 unspecified atom stereocenters. The van der Waals surface area contributed by atoms with Gasteiger partial charge in [0.15, 0.2) is 0 Å². The van der Waals surface area contributed by atoms with Crippen LogP contribution in [0.15, 0.2) is 42.5 Å². The molecule has 0 heterocycles. The van der Waals surface area contributed by atoms with Crippen molar-refractivity contribution in [1.82, 2.24) is 0 Å². The van der Waals surface area contributed by atoms with Crippen molar-refractivity contribution in [3.8, 4) is 0 Å². The number of nitrogens with one attached hydrogen (secondary N) is 2. The summed E-state index contributed by atoms with van der Waals surface area (Å²) in [6.07, 6.45) is 0. The highest BCUT2D eigenvalue weighted by Crippen LogP contribution is 2.23. The number of carboxylic acid groups (broad SMARTS) is 1. The third-order valence-electron chi connectivity index (χ3n) is 2.59. The summed E-state index contributed by atoms with van der Waals surface area (Å²) in [7, 11) is 0. The quantitative estimate of drug-likeness (QED) is 0.806. The van der Waals surface area contributed by atoms with Gasteiger partial charge in [-0.2, -0.15) is 0 Å². The standard InChI is InChI=1S/C14H10ClFN2O3/c15-9-7-8(13(19)20)5-6-11(9)17-14(21)18-12-4-2-1-3-10(12)16/h1-7H,(H,19,20)(H2,17,18,21). The molecule has 0 saturated heterocycles. The van der Waals surface area contributed by atoms with E-state index in [4.69, 9.17) is 16.7 Å². The van der Waals surface area contributed by atoms with Crippen molar-refractivity contribution in [2.24, 2.45) is 0 Å². The Morgan fingerprint density at radius 3 is 2.33 bits per heavy atom. The average Bonchev–Trinajstić information content (AvgIpc) is 2.43. The van der Waals surface area contributed by atoms with Gasteiger partial charge in [-0.1, -0.05) is 23.7 Å². The third kappa shape index (κ3) is 3.70. The molecule has 108 valence electrons. The Morgan fingerprint density at radius 1 is 1.05 bits per heavy atom. The Balaban J connectivity index is 2.10. The lowest BCUT2D eigenvalue weighted by Gasteiger charge is -2.10. The second kappa shape index (κ2) is 6.23. The third-order valence-corrected chi connectivity index (χ3v) is 2.90. The first-order valence-corrected chi connectivity index (χ1v) is 6.20. The summed E-state index contributed by atoms with van der Waals surface area (Å²) in [5.74, 6) is -1.70. The summed E-state index contributed by atoms with van der Waals surface area (Å²) in [6, 6.07) is 8.87. The van der Waals surface area contributed by atoms with Crippen LogP contribution in [0.4, 0.5) is 20.6 Å². The van der Waals surface area contributed by atoms with Gasteiger partial charge in [0, 0.05) is 0 Å². The van der Waals surface area contributed by atoms with Crippen LogP contribution in [0.5, 0.6) is 0 Å². The number of carbonyl (C=O) groups is 2. The molecule has 0 spiro atoms. The van der Waals surface area contributed by atoms with E-state index in [0.29, 0.717) is 0 Å². The van der Waals surface area contributed by atoms with E-state index in [0.717, 1.165) is 0 Å². The normalized spacial score (nSPS) is 10.0. The predicted molar refractivity (Wildman–Crippen MR) is 77.5 cm³/mol. The van der Waals surface area contributed by atoms with Crippen LogP contribution >= 0.6 is 11.6 Å². The van der Waals surface area contributed by atoms with Gasteiger partial charge in [-0.05, 0) is 30.3 Å². The van der Waals surface area contributed by atoms with Crippen molar-refractivity contribution >= 4 is 35.0 Å². The molecule has 0 fully saturated rings. The number of anilines is 2. The number of urea groups is 1. The van der Waals surface area contributed by atoms with Crippen molar-refractivity contribution in [2.75, 3.05) is 10.6 Å². The maximum absolute atomic E-state index is 13.4. The second-order valence-corrected chi connectivity index (χ2v) is 4.47. The Bertz CT molecular complexity index is 706. The highest BCUT2D eigenvalue weighted by atomic mass is 35.5. The van der Waals surface area contributed by atoms with Gasteiger partial charge in [0.2, 0.25) is 0 Å². The largest absolute Gasteiger partial charge is 0.478 e. The van der Waals surface area contributed by atoms with Gasteiger partial charge < -0.3 is 15.7 Å². The Hall–Kier alpha value is -2.60. The number of hydrogen-bond acceptors (Lipinski definition) is 2. The molecule has 0 aliphatic rings. The highest BCUT2D eigenvalue weighted by Gasteiger charge is 2.10. The van der Waals surface area contributed by atoms with Crippen LogP contribution in [0.2, 0.25) is 5.02 Å². The fourth-order valence-electron chi connectivity index (χ4n) is 1.59. The van der Waals surface area contributed by atoms with Crippen molar-refractivity contribution < 1.29 is 19.1 Å². The molecule has 2 aromatic rings. The molecule has 2 rings (SSSR count). The molecule has 7 heteroatoms. The van der Waals surface area contributed by atoms with Crippen LogP contribution in [-0.2, 0) is 0 Å². The zero-order chi connectivity index (χ0) is 15.4. The minimum Gasteiger partial charge on any atom is -0.478 e. The van der Waals surface area contributed by atoms with Gasteiger partial charge in [-0.15, -0.1) is 0 Å². The number of rotatable bonds is 3. The molecule has 2 aromatic carbocycles. The molecular weight excluding hydrogens is 299 g/mol. The first kappa shape index (κ1) is 14.8. The van der Waals surface area contributed by atoms with Crippen molar-refractivity contribution in [2.45, 2.75) is 0 Å². The van der Waals surface area contributed by atoms with Crippen LogP contribution < -0.4 is 10.6 Å². The van der Waals surface area contributed by atoms with Gasteiger partial charge >= 0.3 is 12.0 Å². The fourth-order valence-corrected chi connectivity index (χ4v) is 1.82. The molecule has 5 nitrogen and oxygen atoms in total. The molecule has 0 aliphatic heterocycles. The molecule has 0 bridgehead atoms. The van der Waals surface area contributed by atoms with Crippen molar-refractivity contribution in [3.63, 3.8) is 0 Å². The minimum absolute atomic E-state index is 0.0000574. The summed E-state index contributed by atoms with van der Waals surface area (Å²) >= 11 is 5.87. The maximum Gasteiger partial charge on any atom is 0.335 e. The first-order valence-electron chi connectivity index (χ1n) is 5.83. The summed E-state index contributed by atoms with van der Waals surface area (Å²) in [6.45, 7) is 0. The van der Waals surface area contributed by atoms with Gasteiger partial charge in [0.05, 0.1) is 22.0 Å². The number of carbonyl (C=O) groups excluding carboxylic acids is 1. The van der Waals surface area contributed by atoms with Crippen molar-refractivity contribution in [3.05, 3.63) is 58.9 Å². The molecule has 0 saturated carbocycles. The number of benzene rings is 2. The summed E-state index contributed by atoms with van der Waals surface area (Å²) in [5, 5.41) is 13.6. The summed E-state index contributed by atoms with van der Waals surface area (Å²) in [4.78, 5) is 22.5. The Labute approximate surface area is 124 Å². The highest BCUT2D eigenvalue weighted by molar-refractivity contribution is 6.34. The van der Waals surface area contributed by atoms with E-state index in [1.165, 1.54) is 36.4 Å². The lowest BCUT2D eigenvalue weighted by atomic mass is 10.2. The molecule has 0 aromatic heterocycles. The topological polar surface area (TPSA) is 78.4 Å². The molecule has 0 aliphatic carbocycles. The number of halogens is 2. The van der Waals surface area contributed by atoms with E-state index in [-0.39, 0.29) is 22.0 Å². The van der Waals surface area contributed by atoms with Crippen LogP contribution in [-0.4, -0.2) is 17.1 Å². The monoisotopic (exact) mass is 308 g/mol. The Kier molecular flexibility index (Phi) is 4.39. The first-order chi connectivity index (χ1) is 9.97. The van der Waals surface area contributed by atoms with Crippen LogP contribution in [0, 0.1) is 5.82 Å². The van der Waals surface area contributed by atoms with E-state index in [1.807, 2.05) is 0 Å². The summed E-state index contributed by atoms with van der Waals surface area (Å²) in [5.41, 5.74) is 0.240. The number of carboxylic acids is 1. The maximum atomic E-state index is 13.4. The van der Waals surface area contributed by atoms with Crippen LogP contribution in [0.1, 0.15) is 10.4 Å². The number of aromatic carboxylic acids is 1. The molecule has 21 heavy (non-hydrogen) atoms. The van der Waals surface area contributed by atoms with Crippen LogP contribution in [0.25, 0.3) is 0 Å². The van der Waals surface area contributed by atoms with E-state index >= 15 is 0 Å². The lowest BCUT2D eigenvalue weighted by Crippen LogP contribution is -2.20. The number of amides is 2. The molecular formula is C14H10ClFN2O3. The fraction of sp³-hybridized carbons (Fsp3) is 0. The molecule has 2 amide bonds. The SMILES string of the molecule is O=C(Nc1ccccc1F)Nc1ccc(C(=O)O)cc1Cl. The van der Waals surface area contributed by atoms with Gasteiger partial charge in [-0.25, -0.2) is 14.0 Å². The van der Waals surface area contributed by atoms with Gasteiger partial charge in [0.25, 0.3) is 0 Å². The summed E-state index contributed by atoms with van der Waals surface area (Å²) < 4.78 is 13.4. The minimum atomic E-state index is -1.13. The zero-order valence-electron chi connectivity index (χ0n) is 10.6. The van der Waals surface area contributed by atoms with E-state index in [2.05, 4.69) is 10.6 Å². The lowest BCUT2D eigenvalue weighted by molar-refractivity contribution is 0.0697. The smallest absolute Gasteiger partial charge is 0.335 e. The number of hydrogen-bond donors (Lipinski definition) is 3. The van der Waals surface area contributed by atoms with E-state index < -0.39 is 17.8 Å². The van der Waals surface area contributed by atoms with Crippen molar-refractivity contribution in [1.29, 1.82) is 0 Å². The van der Waals surface area contributed by atoms with E-state index in [9.17, 15) is 14.0 Å². The van der Waals surface area contributed by atoms with Crippen LogP contribution in [0.3, 0.4) is 0 Å². The van der Waals surface area contributed by atoms with E-state index in [1.54, 1.807) is 6.07 Å².